The van der Waals surface area contributed by atoms with Gasteiger partial charge in [0, 0.05) is 9.99 Å². The number of halogens is 3. The number of hydrogen-bond acceptors (Lipinski definition) is 5. The number of amides is 1. The maximum Gasteiger partial charge on any atom is 0.340 e. The van der Waals surface area contributed by atoms with Gasteiger partial charge in [0.05, 0.1) is 38.2 Å². The summed E-state index contributed by atoms with van der Waals surface area (Å²) in [6.45, 7) is 3.58. The van der Waals surface area contributed by atoms with E-state index in [2.05, 4.69) is 11.9 Å². The lowest BCUT2D eigenvalue weighted by atomic mass is 10.1. The van der Waals surface area contributed by atoms with E-state index < -0.39 is 11.9 Å². The van der Waals surface area contributed by atoms with Crippen LogP contribution in [0, 0.1) is 10.7 Å². The van der Waals surface area contributed by atoms with Gasteiger partial charge in [-0.15, -0.1) is 6.58 Å². The van der Waals surface area contributed by atoms with Crippen molar-refractivity contribution in [2.75, 3.05) is 19.5 Å². The van der Waals surface area contributed by atoms with E-state index in [9.17, 15) is 14.4 Å². The predicted molar refractivity (Wildman–Crippen MR) is 115 cm³/mol. The Morgan fingerprint density at radius 1 is 1.00 bits per heavy atom. The van der Waals surface area contributed by atoms with Gasteiger partial charge in [0.1, 0.15) is 0 Å². The summed E-state index contributed by atoms with van der Waals surface area (Å²) < 4.78 is 11.0. The number of nitrogens with one attached hydrogen (secondary N) is 1. The van der Waals surface area contributed by atoms with Gasteiger partial charge in [-0.1, -0.05) is 6.08 Å². The maximum absolute atomic E-state index is 12.1. The first-order valence-electron chi connectivity index (χ1n) is 6.57. The molecule has 0 heterocycles. The molecule has 1 aromatic carbocycles. The van der Waals surface area contributed by atoms with Crippen LogP contribution in [-0.2, 0) is 14.3 Å². The van der Waals surface area contributed by atoms with E-state index in [0.717, 1.165) is 0 Å². The molecular formula is C15H14I3NO5. The second kappa shape index (κ2) is 9.89. The van der Waals surface area contributed by atoms with Crippen molar-refractivity contribution in [3.05, 3.63) is 34.5 Å². The van der Waals surface area contributed by atoms with Gasteiger partial charge < -0.3 is 14.8 Å². The summed E-state index contributed by atoms with van der Waals surface area (Å²) in [6.07, 6.45) is 2.42. The van der Waals surface area contributed by atoms with Crippen LogP contribution < -0.4 is 5.32 Å². The highest BCUT2D eigenvalue weighted by atomic mass is 127. The summed E-state index contributed by atoms with van der Waals surface area (Å²) in [5.74, 6) is -1.42. The van der Waals surface area contributed by atoms with Crippen molar-refractivity contribution < 1.29 is 23.9 Å². The van der Waals surface area contributed by atoms with E-state index in [1.165, 1.54) is 14.2 Å². The largest absolute Gasteiger partial charge is 0.465 e. The minimum atomic E-state index is -0.591. The van der Waals surface area contributed by atoms with Gasteiger partial charge in [0.2, 0.25) is 5.91 Å². The quantitative estimate of drug-likeness (QED) is 0.282. The Labute approximate surface area is 180 Å². The molecule has 1 amide bonds. The van der Waals surface area contributed by atoms with Crippen molar-refractivity contribution >= 4 is 91.3 Å². The third kappa shape index (κ3) is 4.80. The number of carbonyl (C=O) groups excluding carboxylic acids is 3. The van der Waals surface area contributed by atoms with E-state index in [1.807, 2.05) is 67.8 Å². The number of methoxy groups -OCH3 is 2. The van der Waals surface area contributed by atoms with Crippen LogP contribution in [0.15, 0.2) is 12.7 Å². The number of ether oxygens (including phenoxy) is 2. The average molecular weight is 669 g/mol. The molecule has 0 aromatic heterocycles. The first-order valence-corrected chi connectivity index (χ1v) is 9.81. The first-order chi connectivity index (χ1) is 11.3. The van der Waals surface area contributed by atoms with Gasteiger partial charge in [-0.2, -0.15) is 0 Å². The van der Waals surface area contributed by atoms with E-state index in [-0.39, 0.29) is 23.5 Å². The zero-order valence-electron chi connectivity index (χ0n) is 12.9. The summed E-state index contributed by atoms with van der Waals surface area (Å²) >= 11 is 5.82. The first kappa shape index (κ1) is 21.6. The van der Waals surface area contributed by atoms with Crippen molar-refractivity contribution in [3.8, 4) is 0 Å². The molecule has 1 aromatic rings. The Morgan fingerprint density at radius 2 is 1.46 bits per heavy atom. The van der Waals surface area contributed by atoms with Crippen molar-refractivity contribution in [1.29, 1.82) is 0 Å². The van der Waals surface area contributed by atoms with Crippen LogP contribution in [0.5, 0.6) is 0 Å². The van der Waals surface area contributed by atoms with E-state index in [4.69, 9.17) is 9.47 Å². The van der Waals surface area contributed by atoms with Crippen LogP contribution in [0.1, 0.15) is 33.6 Å². The second-order valence-electron chi connectivity index (χ2n) is 4.43. The third-order valence-corrected chi connectivity index (χ3v) is 6.17. The molecule has 9 heteroatoms. The van der Waals surface area contributed by atoms with Crippen molar-refractivity contribution in [3.63, 3.8) is 0 Å². The Bertz CT molecular complexity index is 660. The van der Waals surface area contributed by atoms with Crippen LogP contribution in [0.2, 0.25) is 0 Å². The lowest BCUT2D eigenvalue weighted by molar-refractivity contribution is -0.116. The highest BCUT2D eigenvalue weighted by Gasteiger charge is 2.29. The van der Waals surface area contributed by atoms with Gasteiger partial charge in [0.15, 0.2) is 0 Å². The lowest BCUT2D eigenvalue weighted by Crippen LogP contribution is -2.20. The molecular weight excluding hydrogens is 655 g/mol. The zero-order chi connectivity index (χ0) is 18.4. The fourth-order valence-electron chi connectivity index (χ4n) is 1.77. The van der Waals surface area contributed by atoms with Gasteiger partial charge in [0.25, 0.3) is 0 Å². The molecule has 0 aliphatic heterocycles. The Hall–Kier alpha value is -0.440. The topological polar surface area (TPSA) is 81.7 Å². The number of benzene rings is 1. The van der Waals surface area contributed by atoms with Crippen LogP contribution >= 0.6 is 67.8 Å². The lowest BCUT2D eigenvalue weighted by Gasteiger charge is -2.17. The van der Waals surface area contributed by atoms with Crippen molar-refractivity contribution in [2.45, 2.75) is 12.8 Å². The molecule has 1 rings (SSSR count). The predicted octanol–water partition coefficient (Wildman–Crippen LogP) is 3.98. The van der Waals surface area contributed by atoms with E-state index in [1.54, 1.807) is 6.08 Å². The highest BCUT2D eigenvalue weighted by molar-refractivity contribution is 14.1. The molecule has 0 saturated heterocycles. The van der Waals surface area contributed by atoms with Gasteiger partial charge in [-0.25, -0.2) is 9.59 Å². The van der Waals surface area contributed by atoms with Gasteiger partial charge >= 0.3 is 11.9 Å². The number of rotatable bonds is 6. The van der Waals surface area contributed by atoms with Crippen molar-refractivity contribution in [1.82, 2.24) is 0 Å². The number of carbonyl (C=O) groups is 3. The molecule has 0 aliphatic carbocycles. The standard InChI is InChI=1S/C15H14I3NO5/c1-4-5-6-7(20)19-13-11(17)8(14(21)23-2)10(16)9(12(13)18)15(22)24-3/h4H,1,5-6H2,2-3H3,(H,19,20). The summed E-state index contributed by atoms with van der Waals surface area (Å²) in [6, 6.07) is 0. The van der Waals surface area contributed by atoms with Gasteiger partial charge in [-0.3, -0.25) is 4.79 Å². The molecule has 0 radical (unpaired) electrons. The monoisotopic (exact) mass is 669 g/mol. The van der Waals surface area contributed by atoms with Crippen LogP contribution in [0.3, 0.4) is 0 Å². The van der Waals surface area contributed by atoms with E-state index >= 15 is 0 Å². The minimum absolute atomic E-state index is 0.221. The van der Waals surface area contributed by atoms with Gasteiger partial charge in [-0.05, 0) is 74.2 Å². The summed E-state index contributed by atoms with van der Waals surface area (Å²) in [5, 5.41) is 2.76. The molecule has 0 bridgehead atoms. The van der Waals surface area contributed by atoms with E-state index in [0.29, 0.717) is 22.8 Å². The number of allylic oxidation sites excluding steroid dienone is 1. The average Bonchev–Trinajstić information content (AvgIpc) is 2.56. The fraction of sp³-hybridized carbons (Fsp3) is 0.267. The molecule has 0 aliphatic rings. The molecule has 0 unspecified atom stereocenters. The molecule has 6 nitrogen and oxygen atoms in total. The third-order valence-electron chi connectivity index (χ3n) is 2.94. The SMILES string of the molecule is C=CCCC(=O)Nc1c(I)c(C(=O)OC)c(I)c(C(=O)OC)c1I. The second-order valence-corrected chi connectivity index (χ2v) is 7.66. The Kier molecular flexibility index (Phi) is 8.90. The number of esters is 2. The smallest absolute Gasteiger partial charge is 0.340 e. The minimum Gasteiger partial charge on any atom is -0.465 e. The summed E-state index contributed by atoms with van der Waals surface area (Å²) in [7, 11) is 2.51. The molecule has 0 spiro atoms. The number of anilines is 1. The Balaban J connectivity index is 3.57. The maximum atomic E-state index is 12.1. The fourth-order valence-corrected chi connectivity index (χ4v) is 6.09. The van der Waals surface area contributed by atoms with Crippen LogP contribution in [0.4, 0.5) is 5.69 Å². The Morgan fingerprint density at radius 3 is 1.83 bits per heavy atom. The zero-order valence-corrected chi connectivity index (χ0v) is 19.3. The molecule has 0 saturated carbocycles. The van der Waals surface area contributed by atoms with Crippen LogP contribution in [-0.4, -0.2) is 32.1 Å². The molecule has 24 heavy (non-hydrogen) atoms. The highest BCUT2D eigenvalue weighted by Crippen LogP contribution is 2.36. The van der Waals surface area contributed by atoms with Crippen molar-refractivity contribution in [2.24, 2.45) is 0 Å². The molecule has 130 valence electrons. The summed E-state index contributed by atoms with van der Waals surface area (Å²) in [4.78, 5) is 36.3. The molecule has 1 N–H and O–H groups in total. The molecule has 0 atom stereocenters. The normalized spacial score (nSPS) is 10.0. The summed E-state index contributed by atoms with van der Waals surface area (Å²) in [5.41, 5.74) is 0.837. The number of hydrogen-bond donors (Lipinski definition) is 1. The van der Waals surface area contributed by atoms with Crippen LogP contribution in [0.25, 0.3) is 0 Å². The molecule has 0 fully saturated rings.